The fourth-order valence-electron chi connectivity index (χ4n) is 2.24. The van der Waals surface area contributed by atoms with Gasteiger partial charge in [0.05, 0.1) is 6.10 Å². The molecule has 1 aromatic rings. The Morgan fingerprint density at radius 2 is 1.84 bits per heavy atom. The first-order chi connectivity index (χ1) is 8.90. The highest BCUT2D eigenvalue weighted by Gasteiger charge is 2.08. The Morgan fingerprint density at radius 3 is 2.37 bits per heavy atom. The van der Waals surface area contributed by atoms with E-state index in [1.807, 2.05) is 0 Å². The second-order valence-electron chi connectivity index (χ2n) is 5.09. The zero-order chi connectivity index (χ0) is 14.4. The summed E-state index contributed by atoms with van der Waals surface area (Å²) >= 11 is 0. The van der Waals surface area contributed by atoms with E-state index in [4.69, 9.17) is 5.11 Å². The van der Waals surface area contributed by atoms with Crippen LogP contribution >= 0.6 is 0 Å². The summed E-state index contributed by atoms with van der Waals surface area (Å²) in [7, 11) is 0. The van der Waals surface area contributed by atoms with Crippen molar-refractivity contribution in [2.45, 2.75) is 46.3 Å². The normalized spacial score (nSPS) is 12.4. The maximum absolute atomic E-state index is 10.4. The first-order valence-electron chi connectivity index (χ1n) is 6.57. The first-order valence-corrected chi connectivity index (χ1v) is 6.57. The van der Waals surface area contributed by atoms with E-state index in [0.29, 0.717) is 13.1 Å². The molecule has 4 nitrogen and oxygen atoms in total. The Bertz CT molecular complexity index is 420. The number of carboxylic acids is 1. The third-order valence-corrected chi connectivity index (χ3v) is 3.21. The lowest BCUT2D eigenvalue weighted by molar-refractivity contribution is -0.137. The zero-order valence-corrected chi connectivity index (χ0v) is 11.9. The summed E-state index contributed by atoms with van der Waals surface area (Å²) in [6.07, 6.45) is -0.318. The van der Waals surface area contributed by atoms with Gasteiger partial charge in [-0.3, -0.25) is 4.79 Å². The molecule has 1 unspecified atom stereocenters. The molecular formula is C15H23NO3. The van der Waals surface area contributed by atoms with Crippen molar-refractivity contribution < 1.29 is 15.0 Å². The van der Waals surface area contributed by atoms with Gasteiger partial charge in [0.15, 0.2) is 0 Å². The van der Waals surface area contributed by atoms with Crippen LogP contribution in [-0.4, -0.2) is 28.8 Å². The standard InChI is InChI=1S/C15H23NO3/c1-10-6-11(2)14(12(3)7-10)9-16-8-13(17)4-5-15(18)19/h6-7,13,16-17H,4-5,8-9H2,1-3H3,(H,18,19). The van der Waals surface area contributed by atoms with E-state index in [0.717, 1.165) is 0 Å². The molecule has 0 spiro atoms. The number of aliphatic hydroxyl groups excluding tert-OH is 1. The fraction of sp³-hybridized carbons (Fsp3) is 0.533. The van der Waals surface area contributed by atoms with Crippen molar-refractivity contribution in [3.05, 3.63) is 34.4 Å². The van der Waals surface area contributed by atoms with Crippen molar-refractivity contribution >= 4 is 5.97 Å². The van der Waals surface area contributed by atoms with Gasteiger partial charge in [0.25, 0.3) is 0 Å². The van der Waals surface area contributed by atoms with Crippen LogP contribution in [0.15, 0.2) is 12.1 Å². The van der Waals surface area contributed by atoms with E-state index in [1.165, 1.54) is 22.3 Å². The predicted octanol–water partition coefficient (Wildman–Crippen LogP) is 1.93. The second-order valence-corrected chi connectivity index (χ2v) is 5.09. The van der Waals surface area contributed by atoms with Crippen molar-refractivity contribution in [1.82, 2.24) is 5.32 Å². The van der Waals surface area contributed by atoms with Crippen LogP contribution in [0.4, 0.5) is 0 Å². The summed E-state index contributed by atoms with van der Waals surface area (Å²) in [5.74, 6) is -0.871. The summed E-state index contributed by atoms with van der Waals surface area (Å²) in [4.78, 5) is 10.4. The van der Waals surface area contributed by atoms with Gasteiger partial charge in [-0.15, -0.1) is 0 Å². The van der Waals surface area contributed by atoms with Crippen molar-refractivity contribution in [3.63, 3.8) is 0 Å². The molecule has 1 rings (SSSR count). The largest absolute Gasteiger partial charge is 0.481 e. The number of aliphatic carboxylic acids is 1. The molecule has 0 fully saturated rings. The van der Waals surface area contributed by atoms with E-state index in [-0.39, 0.29) is 12.8 Å². The summed E-state index contributed by atoms with van der Waals surface area (Å²) < 4.78 is 0. The zero-order valence-electron chi connectivity index (χ0n) is 11.9. The summed E-state index contributed by atoms with van der Waals surface area (Å²) in [6, 6.07) is 4.29. The summed E-state index contributed by atoms with van der Waals surface area (Å²) in [5.41, 5.74) is 4.98. The summed E-state index contributed by atoms with van der Waals surface area (Å²) in [5, 5.41) is 21.3. The van der Waals surface area contributed by atoms with Gasteiger partial charge >= 0.3 is 5.97 Å². The monoisotopic (exact) mass is 265 g/mol. The van der Waals surface area contributed by atoms with Crippen molar-refractivity contribution in [1.29, 1.82) is 0 Å². The lowest BCUT2D eigenvalue weighted by atomic mass is 10.00. The van der Waals surface area contributed by atoms with E-state index >= 15 is 0 Å². The minimum absolute atomic E-state index is 0.00539. The van der Waals surface area contributed by atoms with Gasteiger partial charge in [-0.2, -0.15) is 0 Å². The average Bonchev–Trinajstić information content (AvgIpc) is 2.29. The molecule has 0 radical (unpaired) electrons. The maximum atomic E-state index is 10.4. The van der Waals surface area contributed by atoms with E-state index < -0.39 is 12.1 Å². The molecule has 0 aromatic heterocycles. The molecule has 0 aliphatic carbocycles. The molecule has 0 heterocycles. The van der Waals surface area contributed by atoms with Crippen molar-refractivity contribution in [2.24, 2.45) is 0 Å². The number of benzene rings is 1. The number of rotatable bonds is 7. The molecule has 3 N–H and O–H groups in total. The topological polar surface area (TPSA) is 69.6 Å². The number of nitrogens with one attached hydrogen (secondary N) is 1. The Labute approximate surface area is 114 Å². The molecule has 4 heteroatoms. The van der Waals surface area contributed by atoms with Crippen molar-refractivity contribution in [2.75, 3.05) is 6.54 Å². The first kappa shape index (κ1) is 15.7. The molecule has 1 atom stereocenters. The van der Waals surface area contributed by atoms with Gasteiger partial charge in [-0.1, -0.05) is 17.7 Å². The smallest absolute Gasteiger partial charge is 0.303 e. The molecule has 0 saturated heterocycles. The quantitative estimate of drug-likeness (QED) is 0.704. The number of hydrogen-bond donors (Lipinski definition) is 3. The van der Waals surface area contributed by atoms with E-state index in [9.17, 15) is 9.90 Å². The van der Waals surface area contributed by atoms with Crippen LogP contribution < -0.4 is 5.32 Å². The third kappa shape index (κ3) is 5.41. The predicted molar refractivity (Wildman–Crippen MR) is 75.2 cm³/mol. The van der Waals surface area contributed by atoms with Crippen molar-refractivity contribution in [3.8, 4) is 0 Å². The molecule has 0 saturated carbocycles. The van der Waals surface area contributed by atoms with Crippen LogP contribution in [0.2, 0.25) is 0 Å². The number of hydrogen-bond acceptors (Lipinski definition) is 3. The van der Waals surface area contributed by atoms with Crippen LogP contribution in [0.3, 0.4) is 0 Å². The molecule has 0 bridgehead atoms. The van der Waals surface area contributed by atoms with Gasteiger partial charge < -0.3 is 15.5 Å². The molecule has 1 aromatic carbocycles. The van der Waals surface area contributed by atoms with Gasteiger partial charge in [0, 0.05) is 19.5 Å². The van der Waals surface area contributed by atoms with Gasteiger partial charge in [0.2, 0.25) is 0 Å². The molecule has 0 aliphatic rings. The number of carboxylic acid groups (broad SMARTS) is 1. The minimum Gasteiger partial charge on any atom is -0.481 e. The average molecular weight is 265 g/mol. The third-order valence-electron chi connectivity index (χ3n) is 3.21. The van der Waals surface area contributed by atoms with E-state index in [1.54, 1.807) is 0 Å². The Balaban J connectivity index is 2.43. The SMILES string of the molecule is Cc1cc(C)c(CNCC(O)CCC(=O)O)c(C)c1. The highest BCUT2D eigenvalue weighted by molar-refractivity contribution is 5.66. The molecule has 106 valence electrons. The van der Waals surface area contributed by atoms with Crippen LogP contribution in [-0.2, 0) is 11.3 Å². The molecular weight excluding hydrogens is 242 g/mol. The van der Waals surface area contributed by atoms with Crippen LogP contribution in [0.1, 0.15) is 35.1 Å². The molecule has 19 heavy (non-hydrogen) atoms. The van der Waals surface area contributed by atoms with Crippen LogP contribution in [0, 0.1) is 20.8 Å². The Morgan fingerprint density at radius 1 is 1.26 bits per heavy atom. The summed E-state index contributed by atoms with van der Waals surface area (Å²) in [6.45, 7) is 7.35. The Kier molecular flexibility index (Phi) is 5.99. The molecule has 0 amide bonds. The molecule has 0 aliphatic heterocycles. The second kappa shape index (κ2) is 7.26. The van der Waals surface area contributed by atoms with Gasteiger partial charge in [-0.25, -0.2) is 0 Å². The minimum atomic E-state index is -0.871. The fourth-order valence-corrected chi connectivity index (χ4v) is 2.24. The van der Waals surface area contributed by atoms with Gasteiger partial charge in [0.1, 0.15) is 0 Å². The van der Waals surface area contributed by atoms with Crippen LogP contribution in [0.5, 0.6) is 0 Å². The van der Waals surface area contributed by atoms with E-state index in [2.05, 4.69) is 38.2 Å². The number of aryl methyl sites for hydroxylation is 3. The van der Waals surface area contributed by atoms with Crippen LogP contribution in [0.25, 0.3) is 0 Å². The highest BCUT2D eigenvalue weighted by atomic mass is 16.4. The number of carbonyl (C=O) groups is 1. The lowest BCUT2D eigenvalue weighted by Gasteiger charge is -2.14. The van der Waals surface area contributed by atoms with Gasteiger partial charge in [-0.05, 0) is 43.9 Å². The highest BCUT2D eigenvalue weighted by Crippen LogP contribution is 2.16. The Hall–Kier alpha value is -1.39. The lowest BCUT2D eigenvalue weighted by Crippen LogP contribution is -2.27. The maximum Gasteiger partial charge on any atom is 0.303 e. The number of aliphatic hydroxyl groups is 1.